The lowest BCUT2D eigenvalue weighted by Gasteiger charge is -2.36. The van der Waals surface area contributed by atoms with E-state index in [2.05, 4.69) is 22.5 Å². The molecule has 1 aliphatic heterocycles. The highest BCUT2D eigenvalue weighted by Gasteiger charge is 2.30. The molecule has 0 saturated carbocycles. The maximum absolute atomic E-state index is 14.4. The highest BCUT2D eigenvalue weighted by molar-refractivity contribution is 6.42. The summed E-state index contributed by atoms with van der Waals surface area (Å²) in [6.45, 7) is 7.80. The lowest BCUT2D eigenvalue weighted by molar-refractivity contribution is -0.0177. The summed E-state index contributed by atoms with van der Waals surface area (Å²) in [5, 5.41) is 16.9. The molecule has 0 fully saturated rings. The largest absolute Gasteiger partial charge is 0.497 e. The number of carbonyl (C=O) groups is 2. The molecule has 0 bridgehead atoms. The van der Waals surface area contributed by atoms with E-state index in [1.165, 1.54) is 0 Å². The van der Waals surface area contributed by atoms with Gasteiger partial charge in [0.05, 0.1) is 47.6 Å². The van der Waals surface area contributed by atoms with Gasteiger partial charge in [-0.15, -0.1) is 0 Å². The second-order valence-electron chi connectivity index (χ2n) is 12.8. The zero-order valence-electron chi connectivity index (χ0n) is 28.9. The zero-order chi connectivity index (χ0) is 35.5. The molecule has 4 rings (SSSR count). The van der Waals surface area contributed by atoms with Crippen molar-refractivity contribution < 1.29 is 28.9 Å². The van der Waals surface area contributed by atoms with E-state index in [9.17, 15) is 14.7 Å². The van der Waals surface area contributed by atoms with Crippen molar-refractivity contribution in [1.82, 2.24) is 9.80 Å². The van der Waals surface area contributed by atoms with Gasteiger partial charge in [0.1, 0.15) is 11.5 Å². The number of likely N-dealkylation sites (N-methyl/N-ethyl adjacent to an activating group) is 1. The topological polar surface area (TPSA) is 113 Å². The average Bonchev–Trinajstić information content (AvgIpc) is 3.08. The number of ether oxygens (including phenoxy) is 3. The van der Waals surface area contributed by atoms with Crippen molar-refractivity contribution in [1.29, 1.82) is 0 Å². The maximum atomic E-state index is 14.4. The molecule has 0 aliphatic carbocycles. The quantitative estimate of drug-likeness (QED) is 0.210. The number of rotatable bonds is 9. The Labute approximate surface area is 299 Å². The molecule has 0 unspecified atom stereocenters. The van der Waals surface area contributed by atoms with Crippen molar-refractivity contribution in [3.8, 4) is 11.5 Å². The van der Waals surface area contributed by atoms with Crippen LogP contribution < -0.4 is 20.1 Å². The van der Waals surface area contributed by atoms with Crippen molar-refractivity contribution in [2.75, 3.05) is 51.1 Å². The number of amides is 3. The third-order valence-corrected chi connectivity index (χ3v) is 9.32. The number of nitrogens with one attached hydrogen (secondary N) is 2. The molecule has 266 valence electrons. The summed E-state index contributed by atoms with van der Waals surface area (Å²) in [5.74, 6) is 0.702. The van der Waals surface area contributed by atoms with Crippen LogP contribution >= 0.6 is 23.2 Å². The summed E-state index contributed by atoms with van der Waals surface area (Å²) in [6.07, 6.45) is 2.17. The fraction of sp³-hybridized carbons (Fsp3) is 0.459. The van der Waals surface area contributed by atoms with Crippen molar-refractivity contribution >= 4 is 46.5 Å². The Morgan fingerprint density at radius 2 is 1.76 bits per heavy atom. The van der Waals surface area contributed by atoms with Gasteiger partial charge >= 0.3 is 6.03 Å². The van der Waals surface area contributed by atoms with Crippen LogP contribution in [-0.4, -0.2) is 85.6 Å². The predicted molar refractivity (Wildman–Crippen MR) is 195 cm³/mol. The number of urea groups is 1. The fourth-order valence-electron chi connectivity index (χ4n) is 5.75. The molecular weight excluding hydrogens is 667 g/mol. The van der Waals surface area contributed by atoms with Crippen LogP contribution in [0.25, 0.3) is 0 Å². The molecule has 12 heteroatoms. The third kappa shape index (κ3) is 11.2. The summed E-state index contributed by atoms with van der Waals surface area (Å²) >= 11 is 12.4. The highest BCUT2D eigenvalue weighted by Crippen LogP contribution is 2.29. The predicted octanol–water partition coefficient (Wildman–Crippen LogP) is 7.57. The van der Waals surface area contributed by atoms with Gasteiger partial charge in [-0.25, -0.2) is 4.79 Å². The van der Waals surface area contributed by atoms with Crippen molar-refractivity contribution in [2.24, 2.45) is 5.92 Å². The lowest BCUT2D eigenvalue weighted by Crippen LogP contribution is -2.47. The number of halogens is 2. The lowest BCUT2D eigenvalue weighted by atomic mass is 10.0. The van der Waals surface area contributed by atoms with Crippen LogP contribution in [0.1, 0.15) is 56.0 Å². The first-order chi connectivity index (χ1) is 23.5. The molecule has 0 aromatic heterocycles. The summed E-state index contributed by atoms with van der Waals surface area (Å²) in [5.41, 5.74) is 2.34. The van der Waals surface area contributed by atoms with Crippen LogP contribution in [0.4, 0.5) is 16.2 Å². The Morgan fingerprint density at radius 3 is 2.45 bits per heavy atom. The molecule has 4 atom stereocenters. The highest BCUT2D eigenvalue weighted by atomic mass is 35.5. The van der Waals surface area contributed by atoms with Crippen molar-refractivity contribution in [2.45, 2.75) is 64.8 Å². The summed E-state index contributed by atoms with van der Waals surface area (Å²) in [4.78, 5) is 31.1. The number of carbonyl (C=O) groups excluding carboxylic acids is 2. The van der Waals surface area contributed by atoms with Gasteiger partial charge in [0, 0.05) is 43.5 Å². The number of methoxy groups -OCH3 is 1. The molecule has 3 amide bonds. The van der Waals surface area contributed by atoms with E-state index in [0.717, 1.165) is 24.8 Å². The van der Waals surface area contributed by atoms with Crippen LogP contribution in [0.5, 0.6) is 11.5 Å². The van der Waals surface area contributed by atoms with Gasteiger partial charge in [0.15, 0.2) is 0 Å². The van der Waals surface area contributed by atoms with E-state index in [1.807, 2.05) is 33.0 Å². The van der Waals surface area contributed by atoms with Gasteiger partial charge in [0.2, 0.25) is 0 Å². The number of anilines is 2. The molecule has 10 nitrogen and oxygen atoms in total. The molecule has 1 heterocycles. The first-order valence-corrected chi connectivity index (χ1v) is 17.4. The fourth-order valence-corrected chi connectivity index (χ4v) is 6.07. The second-order valence-corrected chi connectivity index (χ2v) is 13.6. The minimum atomic E-state index is -0.488. The van der Waals surface area contributed by atoms with E-state index in [0.29, 0.717) is 64.7 Å². The molecule has 0 radical (unpaired) electrons. The number of fused-ring (bicyclic) bond motifs is 1. The minimum absolute atomic E-state index is 0.0861. The Morgan fingerprint density at radius 1 is 1.04 bits per heavy atom. The molecule has 0 spiro atoms. The molecule has 0 saturated heterocycles. The smallest absolute Gasteiger partial charge is 0.323 e. The van der Waals surface area contributed by atoms with Crippen LogP contribution in [0.15, 0.2) is 60.7 Å². The maximum Gasteiger partial charge on any atom is 0.323 e. The van der Waals surface area contributed by atoms with Crippen molar-refractivity contribution in [3.63, 3.8) is 0 Å². The first kappa shape index (κ1) is 38.3. The number of hydrogen-bond donors (Lipinski definition) is 3. The van der Waals surface area contributed by atoms with E-state index in [4.69, 9.17) is 37.4 Å². The first-order valence-electron chi connectivity index (χ1n) is 16.7. The Balaban J connectivity index is 1.57. The van der Waals surface area contributed by atoms with E-state index in [-0.39, 0.29) is 30.6 Å². The average molecular weight is 716 g/mol. The molecular formula is C37H48Cl2N4O6. The van der Waals surface area contributed by atoms with E-state index in [1.54, 1.807) is 60.5 Å². The van der Waals surface area contributed by atoms with Gasteiger partial charge in [-0.1, -0.05) is 36.2 Å². The normalized spacial score (nSPS) is 19.7. The number of aliphatic hydroxyl groups excluding tert-OH is 1. The summed E-state index contributed by atoms with van der Waals surface area (Å²) in [7, 11) is 3.60. The van der Waals surface area contributed by atoms with Crippen molar-refractivity contribution in [3.05, 3.63) is 81.8 Å². The SMILES string of the molecule is COc1ccc(NC(=O)Nc2ccc3c(c2)C(=O)N([C@H](C)CO)C[C@H](C)[C@H](CN(C)Cc2ccc(Cl)c(Cl)c2)OCCCC[C@H](C)O3)cc1. The van der Waals surface area contributed by atoms with Crippen LogP contribution in [0, 0.1) is 5.92 Å². The number of nitrogens with zero attached hydrogens (tertiary/aromatic N) is 2. The van der Waals surface area contributed by atoms with Crippen LogP contribution in [0.2, 0.25) is 10.0 Å². The van der Waals surface area contributed by atoms with Gasteiger partial charge in [-0.05, 0) is 100 Å². The molecule has 1 aliphatic rings. The van der Waals surface area contributed by atoms with Crippen LogP contribution in [-0.2, 0) is 11.3 Å². The second kappa shape index (κ2) is 18.5. The Bertz CT molecular complexity index is 1540. The summed E-state index contributed by atoms with van der Waals surface area (Å²) < 4.78 is 18.0. The van der Waals surface area contributed by atoms with Gasteiger partial charge in [-0.2, -0.15) is 0 Å². The Kier molecular flexibility index (Phi) is 14.4. The van der Waals surface area contributed by atoms with Crippen LogP contribution in [0.3, 0.4) is 0 Å². The number of benzene rings is 3. The molecule has 49 heavy (non-hydrogen) atoms. The third-order valence-electron chi connectivity index (χ3n) is 8.59. The van der Waals surface area contributed by atoms with E-state index >= 15 is 0 Å². The molecule has 3 N–H and O–H groups in total. The molecule has 3 aromatic carbocycles. The zero-order valence-corrected chi connectivity index (χ0v) is 30.4. The monoisotopic (exact) mass is 714 g/mol. The van der Waals surface area contributed by atoms with Gasteiger partial charge in [-0.3, -0.25) is 9.69 Å². The Hall–Kier alpha value is -3.54. The van der Waals surface area contributed by atoms with Gasteiger partial charge < -0.3 is 34.9 Å². The standard InChI is InChI=1S/C37H48Cl2N4O6/c1-24-20-43(25(2)23-44)36(45)31-19-29(41-37(46)40-28-10-13-30(47-5)14-11-28)12-16-34(31)49-26(3)8-6-7-17-48-35(24)22-42(4)21-27-9-15-32(38)33(39)18-27/h9-16,18-19,24-26,35,44H,6-8,17,20-23H2,1-5H3,(H2,40,41,46)/t24-,25+,26-,35-/m0/s1. The number of aliphatic hydroxyl groups is 1. The minimum Gasteiger partial charge on any atom is -0.497 e. The summed E-state index contributed by atoms with van der Waals surface area (Å²) in [6, 6.07) is 16.7. The number of hydrogen-bond acceptors (Lipinski definition) is 7. The molecule has 3 aromatic rings. The van der Waals surface area contributed by atoms with E-state index < -0.39 is 12.1 Å². The van der Waals surface area contributed by atoms with Gasteiger partial charge in [0.25, 0.3) is 5.91 Å².